The lowest BCUT2D eigenvalue weighted by atomic mass is 9.95. The minimum Gasteiger partial charge on any atom is -0.459 e. The maximum Gasteiger partial charge on any atom is 0.291 e. The van der Waals surface area contributed by atoms with Crippen LogP contribution >= 0.6 is 0 Å². The Labute approximate surface area is 174 Å². The predicted molar refractivity (Wildman–Crippen MR) is 109 cm³/mol. The van der Waals surface area contributed by atoms with E-state index in [0.29, 0.717) is 50.6 Å². The molecule has 158 valence electrons. The van der Waals surface area contributed by atoms with Crippen LogP contribution in [0.2, 0.25) is 0 Å². The van der Waals surface area contributed by atoms with Gasteiger partial charge in [0.05, 0.1) is 25.4 Å². The summed E-state index contributed by atoms with van der Waals surface area (Å²) < 4.78 is 10.4. The minimum absolute atomic E-state index is 0.0987. The van der Waals surface area contributed by atoms with Crippen molar-refractivity contribution < 1.29 is 23.5 Å². The number of furan rings is 1. The second-order valence-electron chi connectivity index (χ2n) is 7.54. The third-order valence-corrected chi connectivity index (χ3v) is 5.52. The smallest absolute Gasteiger partial charge is 0.291 e. The van der Waals surface area contributed by atoms with Gasteiger partial charge in [-0.25, -0.2) is 0 Å². The number of benzene rings is 1. The van der Waals surface area contributed by atoms with E-state index in [9.17, 15) is 14.4 Å². The van der Waals surface area contributed by atoms with Crippen LogP contribution in [0.25, 0.3) is 0 Å². The molecule has 0 spiro atoms. The molecule has 1 N–H and O–H groups in total. The average Bonchev–Trinajstić information content (AvgIpc) is 3.34. The minimum atomic E-state index is -0.348. The van der Waals surface area contributed by atoms with Gasteiger partial charge in [0.2, 0.25) is 5.91 Å². The number of anilines is 1. The summed E-state index contributed by atoms with van der Waals surface area (Å²) >= 11 is 0. The van der Waals surface area contributed by atoms with Crippen LogP contribution in [0, 0.1) is 5.92 Å². The summed E-state index contributed by atoms with van der Waals surface area (Å²) in [5, 5.41) is 2.73. The van der Waals surface area contributed by atoms with Crippen molar-refractivity contribution in [3.05, 3.63) is 54.0 Å². The van der Waals surface area contributed by atoms with Gasteiger partial charge < -0.3 is 24.3 Å². The summed E-state index contributed by atoms with van der Waals surface area (Å²) in [5.41, 5.74) is 1.11. The standard InChI is InChI=1S/C22H25N3O5/c26-20(19-4-2-12-30-19)23-18-7-5-16(6-8-18)21(27)25-9-1-3-17(15-25)22(28)24-10-13-29-14-11-24/h2,4-8,12,17H,1,3,9-11,13-15H2,(H,23,26). The average molecular weight is 411 g/mol. The van der Waals surface area contributed by atoms with Gasteiger partial charge in [-0.1, -0.05) is 0 Å². The molecule has 0 bridgehead atoms. The summed E-state index contributed by atoms with van der Waals surface area (Å²) in [6.45, 7) is 3.46. The zero-order valence-corrected chi connectivity index (χ0v) is 16.7. The summed E-state index contributed by atoms with van der Waals surface area (Å²) in [4.78, 5) is 41.4. The number of hydrogen-bond acceptors (Lipinski definition) is 5. The highest BCUT2D eigenvalue weighted by molar-refractivity contribution is 6.02. The summed E-state index contributed by atoms with van der Waals surface area (Å²) in [5.74, 6) is -0.267. The van der Waals surface area contributed by atoms with Gasteiger partial charge in [0.25, 0.3) is 11.8 Å². The van der Waals surface area contributed by atoms with Crippen molar-refractivity contribution in [2.24, 2.45) is 5.92 Å². The Kier molecular flexibility index (Phi) is 6.13. The van der Waals surface area contributed by atoms with Crippen molar-refractivity contribution in [2.45, 2.75) is 12.8 Å². The van der Waals surface area contributed by atoms with E-state index in [1.54, 1.807) is 41.3 Å². The maximum absolute atomic E-state index is 12.9. The van der Waals surface area contributed by atoms with Crippen LogP contribution in [-0.2, 0) is 9.53 Å². The number of piperidine rings is 1. The topological polar surface area (TPSA) is 92.1 Å². The number of amides is 3. The van der Waals surface area contributed by atoms with Crippen LogP contribution < -0.4 is 5.32 Å². The number of nitrogens with one attached hydrogen (secondary N) is 1. The molecule has 1 unspecified atom stereocenters. The molecule has 2 aliphatic rings. The molecule has 30 heavy (non-hydrogen) atoms. The van der Waals surface area contributed by atoms with Gasteiger partial charge in [-0.15, -0.1) is 0 Å². The van der Waals surface area contributed by atoms with Crippen LogP contribution in [0.5, 0.6) is 0 Å². The third kappa shape index (κ3) is 4.54. The van der Waals surface area contributed by atoms with Crippen molar-refractivity contribution in [3.63, 3.8) is 0 Å². The highest BCUT2D eigenvalue weighted by Crippen LogP contribution is 2.22. The lowest BCUT2D eigenvalue weighted by Gasteiger charge is -2.36. The van der Waals surface area contributed by atoms with Gasteiger partial charge in [-0.05, 0) is 49.2 Å². The molecule has 2 saturated heterocycles. The first kappa shape index (κ1) is 20.2. The molecule has 3 heterocycles. The van der Waals surface area contributed by atoms with E-state index in [-0.39, 0.29) is 29.4 Å². The molecule has 2 aromatic rings. The van der Waals surface area contributed by atoms with E-state index in [2.05, 4.69) is 5.32 Å². The van der Waals surface area contributed by atoms with E-state index in [1.165, 1.54) is 6.26 Å². The van der Waals surface area contributed by atoms with E-state index in [4.69, 9.17) is 9.15 Å². The number of rotatable bonds is 4. The van der Waals surface area contributed by atoms with Gasteiger partial charge in [0.1, 0.15) is 0 Å². The summed E-state index contributed by atoms with van der Waals surface area (Å²) in [6.07, 6.45) is 3.05. The lowest BCUT2D eigenvalue weighted by molar-refractivity contribution is -0.141. The molecule has 1 aromatic carbocycles. The predicted octanol–water partition coefficient (Wildman–Crippen LogP) is 2.24. The number of carbonyl (C=O) groups is 3. The fourth-order valence-corrected chi connectivity index (χ4v) is 3.88. The van der Waals surface area contributed by atoms with Gasteiger partial charge in [-0.3, -0.25) is 14.4 Å². The zero-order chi connectivity index (χ0) is 20.9. The van der Waals surface area contributed by atoms with Crippen LogP contribution in [0.4, 0.5) is 5.69 Å². The van der Waals surface area contributed by atoms with Crippen LogP contribution in [-0.4, -0.2) is 66.9 Å². The molecule has 8 nitrogen and oxygen atoms in total. The van der Waals surface area contributed by atoms with Crippen LogP contribution in [0.3, 0.4) is 0 Å². The normalized spacial score (nSPS) is 19.4. The molecule has 1 atom stereocenters. The Morgan fingerprint density at radius 1 is 0.967 bits per heavy atom. The monoisotopic (exact) mass is 411 g/mol. The van der Waals surface area contributed by atoms with E-state index < -0.39 is 0 Å². The lowest BCUT2D eigenvalue weighted by Crippen LogP contribution is -2.49. The molecule has 8 heteroatoms. The van der Waals surface area contributed by atoms with Crippen molar-refractivity contribution >= 4 is 23.4 Å². The highest BCUT2D eigenvalue weighted by atomic mass is 16.5. The van der Waals surface area contributed by atoms with Gasteiger partial charge >= 0.3 is 0 Å². The first-order chi connectivity index (χ1) is 14.6. The molecule has 2 fully saturated rings. The van der Waals surface area contributed by atoms with E-state index in [0.717, 1.165) is 12.8 Å². The molecule has 1 aromatic heterocycles. The number of nitrogens with zero attached hydrogens (tertiary/aromatic N) is 2. The van der Waals surface area contributed by atoms with Crippen LogP contribution in [0.15, 0.2) is 47.1 Å². The van der Waals surface area contributed by atoms with Gasteiger partial charge in [0.15, 0.2) is 5.76 Å². The Balaban J connectivity index is 1.36. The quantitative estimate of drug-likeness (QED) is 0.833. The van der Waals surface area contributed by atoms with Crippen molar-refractivity contribution in [2.75, 3.05) is 44.7 Å². The van der Waals surface area contributed by atoms with Gasteiger partial charge in [0, 0.05) is 37.4 Å². The fourth-order valence-electron chi connectivity index (χ4n) is 3.88. The number of likely N-dealkylation sites (tertiary alicyclic amines) is 1. The number of carbonyl (C=O) groups excluding carboxylic acids is 3. The van der Waals surface area contributed by atoms with E-state index in [1.807, 2.05) is 4.90 Å². The first-order valence-electron chi connectivity index (χ1n) is 10.2. The number of morpholine rings is 1. The molecule has 0 saturated carbocycles. The number of ether oxygens (including phenoxy) is 1. The molecular formula is C22H25N3O5. The van der Waals surface area contributed by atoms with Crippen molar-refractivity contribution in [1.82, 2.24) is 9.80 Å². The second-order valence-corrected chi connectivity index (χ2v) is 7.54. The van der Waals surface area contributed by atoms with Crippen molar-refractivity contribution in [3.8, 4) is 0 Å². The maximum atomic E-state index is 12.9. The first-order valence-corrected chi connectivity index (χ1v) is 10.2. The second kappa shape index (κ2) is 9.13. The molecule has 0 aliphatic carbocycles. The molecule has 0 radical (unpaired) electrons. The SMILES string of the molecule is O=C(Nc1ccc(C(=O)N2CCCC(C(=O)N3CCOCC3)C2)cc1)c1ccco1. The Morgan fingerprint density at radius 2 is 1.73 bits per heavy atom. The third-order valence-electron chi connectivity index (χ3n) is 5.52. The summed E-state index contributed by atoms with van der Waals surface area (Å²) in [7, 11) is 0. The van der Waals surface area contributed by atoms with Gasteiger partial charge in [-0.2, -0.15) is 0 Å². The Hall–Kier alpha value is -3.13. The van der Waals surface area contributed by atoms with Crippen molar-refractivity contribution in [1.29, 1.82) is 0 Å². The largest absolute Gasteiger partial charge is 0.459 e. The zero-order valence-electron chi connectivity index (χ0n) is 16.7. The molecule has 2 aliphatic heterocycles. The Morgan fingerprint density at radius 3 is 2.43 bits per heavy atom. The highest BCUT2D eigenvalue weighted by Gasteiger charge is 2.32. The molecule has 4 rings (SSSR count). The van der Waals surface area contributed by atoms with Crippen LogP contribution in [0.1, 0.15) is 33.8 Å². The summed E-state index contributed by atoms with van der Waals surface area (Å²) in [6, 6.07) is 9.98. The molecule has 3 amide bonds. The van der Waals surface area contributed by atoms with E-state index >= 15 is 0 Å². The molecular weight excluding hydrogens is 386 g/mol. The fraction of sp³-hybridized carbons (Fsp3) is 0.409. The Bertz CT molecular complexity index is 888. The number of hydrogen-bond donors (Lipinski definition) is 1.